The van der Waals surface area contributed by atoms with Gasteiger partial charge in [0.2, 0.25) is 17.3 Å². The molecule has 2 atom stereocenters. The van der Waals surface area contributed by atoms with Crippen molar-refractivity contribution in [2.45, 2.75) is 44.1 Å². The largest absolute Gasteiger partial charge is 0.504 e. The molecule has 20 heteroatoms. The number of β-lactam (4-membered cyclic amide) rings is 1. The number of hydrogen-bond acceptors (Lipinski definition) is 14. The SMILES string of the molecule is CC(C)(O/N=C(\C(=O)C[C@@H]1C(=O)N2C(C(=O)O)=C(C[N+]34CCC(CNC(=O)C(=O)c5cc(O)c(O)c(F)c5)(CC3)C4)CS[C@H]12)c1csc(N)n1)C(=O)O. The number of aromatic nitrogens is 1. The molecule has 3 fully saturated rings. The minimum absolute atomic E-state index is 0.0485. The predicted octanol–water partition coefficient (Wildman–Crippen LogP) is 1.30. The van der Waals surface area contributed by atoms with Gasteiger partial charge in [0, 0.05) is 53.5 Å². The lowest BCUT2D eigenvalue weighted by Crippen LogP contribution is -2.62. The van der Waals surface area contributed by atoms with Crippen LogP contribution in [0.5, 0.6) is 11.5 Å². The summed E-state index contributed by atoms with van der Waals surface area (Å²) >= 11 is 2.36. The summed E-state index contributed by atoms with van der Waals surface area (Å²) in [6.07, 6.45) is 0.995. The Balaban J connectivity index is 1.12. The third-order valence-corrected chi connectivity index (χ3v) is 12.3. The van der Waals surface area contributed by atoms with Gasteiger partial charge in [-0.2, -0.15) is 0 Å². The number of fused-ring (bicyclic) bond motifs is 3. The Labute approximate surface area is 308 Å². The quantitative estimate of drug-likeness (QED) is 0.0301. The van der Waals surface area contributed by atoms with Crippen molar-refractivity contribution in [3.8, 4) is 11.5 Å². The van der Waals surface area contributed by atoms with Crippen LogP contribution in [0.4, 0.5) is 9.52 Å². The maximum absolute atomic E-state index is 13.8. The molecule has 0 aliphatic carbocycles. The summed E-state index contributed by atoms with van der Waals surface area (Å²) in [4.78, 5) is 87.0. The number of quaternary nitrogens is 1. The van der Waals surface area contributed by atoms with Crippen molar-refractivity contribution in [1.82, 2.24) is 15.2 Å². The number of amides is 2. The summed E-state index contributed by atoms with van der Waals surface area (Å²) < 4.78 is 14.4. The fourth-order valence-electron chi connectivity index (χ4n) is 7.33. The Bertz CT molecular complexity index is 1980. The smallest absolute Gasteiger partial charge is 0.352 e. The molecule has 53 heavy (non-hydrogen) atoms. The molecule has 2 amide bonds. The molecule has 0 saturated carbocycles. The number of aromatic hydroxyl groups is 2. The summed E-state index contributed by atoms with van der Waals surface area (Å²) in [6, 6.07) is 1.47. The summed E-state index contributed by atoms with van der Waals surface area (Å²) in [5.74, 6) is -9.65. The zero-order chi connectivity index (χ0) is 38.6. The lowest BCUT2D eigenvalue weighted by atomic mass is 9.84. The molecule has 2 aromatic rings. The van der Waals surface area contributed by atoms with Crippen molar-refractivity contribution in [3.05, 3.63) is 45.9 Å². The molecule has 4 aliphatic rings. The molecule has 3 saturated heterocycles. The summed E-state index contributed by atoms with van der Waals surface area (Å²) in [5.41, 5.74) is 3.32. The van der Waals surface area contributed by atoms with Crippen molar-refractivity contribution in [3.63, 3.8) is 0 Å². The number of nitrogens with zero attached hydrogens (tertiary/aromatic N) is 4. The van der Waals surface area contributed by atoms with Crippen molar-refractivity contribution in [1.29, 1.82) is 0 Å². The van der Waals surface area contributed by atoms with Crippen LogP contribution >= 0.6 is 23.1 Å². The van der Waals surface area contributed by atoms with Crippen LogP contribution in [0.3, 0.4) is 0 Å². The van der Waals surface area contributed by atoms with E-state index in [1.165, 1.54) is 35.9 Å². The Morgan fingerprint density at radius 1 is 1.19 bits per heavy atom. The van der Waals surface area contributed by atoms with Gasteiger partial charge in [0.25, 0.3) is 5.91 Å². The molecule has 17 nitrogen and oxygen atoms in total. The Morgan fingerprint density at radius 3 is 2.49 bits per heavy atom. The normalized spacial score (nSPS) is 25.2. The molecule has 2 bridgehead atoms. The summed E-state index contributed by atoms with van der Waals surface area (Å²) in [6.45, 7) is 4.89. The number of piperidine rings is 1. The Morgan fingerprint density at radius 2 is 1.89 bits per heavy atom. The maximum atomic E-state index is 13.8. The van der Waals surface area contributed by atoms with Crippen LogP contribution in [-0.2, 0) is 28.8 Å². The number of nitrogens with two attached hydrogens (primary N) is 1. The molecule has 7 N–H and O–H groups in total. The zero-order valence-corrected chi connectivity index (χ0v) is 30.1. The fraction of sp³-hybridized carbons (Fsp3) is 0.455. The van der Waals surface area contributed by atoms with Crippen molar-refractivity contribution >= 4 is 69.3 Å². The van der Waals surface area contributed by atoms with Crippen molar-refractivity contribution in [2.75, 3.05) is 44.2 Å². The first-order valence-electron chi connectivity index (χ1n) is 16.4. The summed E-state index contributed by atoms with van der Waals surface area (Å²) in [5, 5.41) is 46.1. The van der Waals surface area contributed by atoms with Crippen LogP contribution in [0.1, 0.15) is 49.2 Å². The number of aliphatic carboxylic acids is 2. The first kappa shape index (κ1) is 37.7. The molecular formula is C33H36FN6O11S2+. The molecule has 5 heterocycles. The third-order valence-electron chi connectivity index (χ3n) is 10.2. The lowest BCUT2D eigenvalue weighted by Gasteiger charge is -2.50. The molecule has 4 aliphatic heterocycles. The predicted molar refractivity (Wildman–Crippen MR) is 185 cm³/mol. The number of thioether (sulfide) groups is 1. The number of nitrogens with one attached hydrogen (secondary N) is 1. The number of phenols is 2. The van der Waals surface area contributed by atoms with Gasteiger partial charge in [0.05, 0.1) is 30.9 Å². The van der Waals surface area contributed by atoms with Gasteiger partial charge in [-0.1, -0.05) is 5.16 Å². The van der Waals surface area contributed by atoms with E-state index in [9.17, 15) is 53.6 Å². The molecule has 0 unspecified atom stereocenters. The topological polar surface area (TPSA) is 259 Å². The Hall–Kier alpha value is -5.08. The minimum atomic E-state index is -1.78. The number of rotatable bonds is 14. The van der Waals surface area contributed by atoms with E-state index in [1.54, 1.807) is 0 Å². The van der Waals surface area contributed by atoms with Gasteiger partial charge >= 0.3 is 11.9 Å². The number of anilines is 1. The monoisotopic (exact) mass is 775 g/mol. The second-order valence-corrected chi connectivity index (χ2v) is 16.3. The number of nitrogen functional groups attached to an aromatic ring is 1. The Kier molecular flexibility index (Phi) is 9.75. The number of Topliss-reactive ketones (excluding diaryl/α,β-unsaturated/α-hetero) is 2. The minimum Gasteiger partial charge on any atom is -0.504 e. The van der Waals surface area contributed by atoms with Crippen molar-refractivity contribution < 1.29 is 62.9 Å². The molecule has 6 rings (SSSR count). The van der Waals surface area contributed by atoms with Crippen LogP contribution in [0.2, 0.25) is 0 Å². The molecule has 1 aromatic carbocycles. The van der Waals surface area contributed by atoms with Crippen LogP contribution < -0.4 is 11.1 Å². The van der Waals surface area contributed by atoms with E-state index in [2.05, 4.69) is 15.5 Å². The van der Waals surface area contributed by atoms with Crippen LogP contribution in [0.25, 0.3) is 0 Å². The number of hydrogen-bond donors (Lipinski definition) is 6. The number of carboxylic acids is 2. The molecule has 0 spiro atoms. The first-order chi connectivity index (χ1) is 24.9. The van der Waals surface area contributed by atoms with E-state index in [-0.39, 0.29) is 46.4 Å². The average molecular weight is 776 g/mol. The number of thiazole rings is 1. The average Bonchev–Trinajstić information content (AvgIpc) is 3.81. The first-order valence-corrected chi connectivity index (χ1v) is 18.3. The highest BCUT2D eigenvalue weighted by Crippen LogP contribution is 2.49. The summed E-state index contributed by atoms with van der Waals surface area (Å²) in [7, 11) is 0. The van der Waals surface area contributed by atoms with E-state index < -0.39 is 75.1 Å². The molecule has 1 aromatic heterocycles. The van der Waals surface area contributed by atoms with Gasteiger partial charge < -0.3 is 40.8 Å². The van der Waals surface area contributed by atoms with Gasteiger partial charge in [0.1, 0.15) is 17.9 Å². The third kappa shape index (κ3) is 7.05. The number of carboxylic acid groups (broad SMARTS) is 2. The number of ketones is 2. The number of phenolic OH excluding ortho intramolecular Hbond substituents is 2. The highest BCUT2D eigenvalue weighted by atomic mass is 32.2. The maximum Gasteiger partial charge on any atom is 0.352 e. The second-order valence-electron chi connectivity index (χ2n) is 14.3. The van der Waals surface area contributed by atoms with Crippen LogP contribution in [0, 0.1) is 17.2 Å². The number of oxime groups is 1. The van der Waals surface area contributed by atoms with Gasteiger partial charge in [-0.05, 0) is 26.0 Å². The van der Waals surface area contributed by atoms with Gasteiger partial charge in [0.15, 0.2) is 33.9 Å². The number of halogens is 1. The lowest BCUT2D eigenvalue weighted by molar-refractivity contribution is -0.904. The number of benzene rings is 1. The standard InChI is InChI=1S/C33H35FN6O11S2/c1-32(2,30(49)50)51-38-22(19-12-53-31(35)37-19)20(41)9-17-27(46)39-23(29(47)48)16(11-52-28(17)39)10-40-5-3-33(14-40,4-6-40)13-36-26(45)24(43)15-7-18(34)25(44)21(42)8-15/h7-8,12,17,28H,3-6,9-11,13-14H2,1-2H3,(H6-,35,36,37,38,41,42,43,44,45,47,48,49,50)/p+1/t17-,28-,33?,40?/m1/s1. The van der Waals surface area contributed by atoms with Crippen LogP contribution in [0.15, 0.2) is 33.9 Å². The second kappa shape index (κ2) is 13.7. The van der Waals surface area contributed by atoms with E-state index in [0.29, 0.717) is 55.1 Å². The highest BCUT2D eigenvalue weighted by molar-refractivity contribution is 8.00. The number of carbonyl (C=O) groups is 6. The van der Waals surface area contributed by atoms with Crippen LogP contribution in [-0.4, -0.2) is 125 Å². The van der Waals surface area contributed by atoms with E-state index >= 15 is 0 Å². The van der Waals surface area contributed by atoms with E-state index in [1.807, 2.05) is 0 Å². The fourth-order valence-corrected chi connectivity index (χ4v) is 9.28. The van der Waals surface area contributed by atoms with Gasteiger partial charge in [-0.3, -0.25) is 24.1 Å². The molecular weight excluding hydrogens is 740 g/mol. The van der Waals surface area contributed by atoms with Gasteiger partial charge in [-0.15, -0.1) is 23.1 Å². The van der Waals surface area contributed by atoms with E-state index in [4.69, 9.17) is 10.6 Å². The molecule has 0 radical (unpaired) electrons. The molecule has 282 valence electrons. The number of carbonyl (C=O) groups excluding carboxylic acids is 4. The highest BCUT2D eigenvalue weighted by Gasteiger charge is 2.58. The van der Waals surface area contributed by atoms with E-state index in [0.717, 1.165) is 17.4 Å². The van der Waals surface area contributed by atoms with Gasteiger partial charge in [-0.25, -0.2) is 19.0 Å². The zero-order valence-electron chi connectivity index (χ0n) is 28.5. The van der Waals surface area contributed by atoms with Crippen molar-refractivity contribution in [2.24, 2.45) is 16.5 Å².